The van der Waals surface area contributed by atoms with Crippen molar-refractivity contribution in [1.82, 2.24) is 10.6 Å². The van der Waals surface area contributed by atoms with E-state index in [1.807, 2.05) is 25.1 Å². The van der Waals surface area contributed by atoms with E-state index < -0.39 is 6.10 Å². The average Bonchev–Trinajstić information content (AvgIpc) is 2.79. The maximum atomic E-state index is 10.7. The highest BCUT2D eigenvalue weighted by atomic mass is 16.5. The minimum Gasteiger partial charge on any atom is -0.497 e. The van der Waals surface area contributed by atoms with Crippen LogP contribution in [0.4, 0.5) is 0 Å². The Kier molecular flexibility index (Phi) is 9.08. The largest absolute Gasteiger partial charge is 0.497 e. The second-order valence-corrected chi connectivity index (χ2v) is 6.39. The van der Waals surface area contributed by atoms with E-state index in [2.05, 4.69) is 15.6 Å². The van der Waals surface area contributed by atoms with Crippen molar-refractivity contribution in [3.8, 4) is 23.0 Å². The van der Waals surface area contributed by atoms with E-state index >= 15 is 0 Å². The Bertz CT molecular complexity index is 842. The Hall–Kier alpha value is -3.13. The SMILES string of the molecule is CCNC(=NCc1ccc(OC)c(OC)c1)NCC(O)c1cc(OC)ccc1OC. The van der Waals surface area contributed by atoms with Crippen LogP contribution in [0.2, 0.25) is 0 Å². The zero-order valence-electron chi connectivity index (χ0n) is 18.2. The number of benzene rings is 2. The smallest absolute Gasteiger partial charge is 0.191 e. The molecular formula is C22H31N3O5. The maximum absolute atomic E-state index is 10.7. The number of aliphatic imine (C=N–C) groups is 1. The van der Waals surface area contributed by atoms with Crippen LogP contribution in [-0.4, -0.2) is 52.6 Å². The van der Waals surface area contributed by atoms with E-state index in [4.69, 9.17) is 18.9 Å². The van der Waals surface area contributed by atoms with E-state index in [-0.39, 0.29) is 6.54 Å². The molecule has 8 heteroatoms. The van der Waals surface area contributed by atoms with Crippen LogP contribution in [0, 0.1) is 0 Å². The van der Waals surface area contributed by atoms with Gasteiger partial charge in [-0.2, -0.15) is 0 Å². The molecule has 30 heavy (non-hydrogen) atoms. The van der Waals surface area contributed by atoms with Crippen molar-refractivity contribution < 1.29 is 24.1 Å². The second kappa shape index (κ2) is 11.8. The van der Waals surface area contributed by atoms with Crippen molar-refractivity contribution in [3.05, 3.63) is 47.5 Å². The van der Waals surface area contributed by atoms with Gasteiger partial charge < -0.3 is 34.7 Å². The Morgan fingerprint density at radius 3 is 2.23 bits per heavy atom. The van der Waals surface area contributed by atoms with Crippen molar-refractivity contribution in [2.75, 3.05) is 41.5 Å². The van der Waals surface area contributed by atoms with Crippen molar-refractivity contribution >= 4 is 5.96 Å². The summed E-state index contributed by atoms with van der Waals surface area (Å²) in [5, 5.41) is 17.0. The highest BCUT2D eigenvalue weighted by Crippen LogP contribution is 2.29. The normalized spacial score (nSPS) is 12.1. The van der Waals surface area contributed by atoms with Crippen LogP contribution in [0.3, 0.4) is 0 Å². The molecule has 2 aromatic rings. The fraction of sp³-hybridized carbons (Fsp3) is 0.409. The molecule has 8 nitrogen and oxygen atoms in total. The molecule has 0 spiro atoms. The third-order valence-corrected chi connectivity index (χ3v) is 4.47. The number of rotatable bonds is 10. The van der Waals surface area contributed by atoms with Crippen LogP contribution >= 0.6 is 0 Å². The van der Waals surface area contributed by atoms with Gasteiger partial charge in [-0.15, -0.1) is 0 Å². The molecule has 164 valence electrons. The molecule has 0 aliphatic rings. The highest BCUT2D eigenvalue weighted by Gasteiger charge is 2.15. The summed E-state index contributed by atoms with van der Waals surface area (Å²) in [6, 6.07) is 11.0. The predicted molar refractivity (Wildman–Crippen MR) is 117 cm³/mol. The monoisotopic (exact) mass is 417 g/mol. The second-order valence-electron chi connectivity index (χ2n) is 6.39. The third-order valence-electron chi connectivity index (χ3n) is 4.47. The molecule has 1 unspecified atom stereocenters. The van der Waals surface area contributed by atoms with Gasteiger partial charge in [-0.05, 0) is 42.8 Å². The summed E-state index contributed by atoms with van der Waals surface area (Å²) in [6.45, 7) is 3.36. The molecule has 0 bridgehead atoms. The fourth-order valence-electron chi connectivity index (χ4n) is 2.89. The summed E-state index contributed by atoms with van der Waals surface area (Å²) in [4.78, 5) is 4.59. The molecule has 0 aliphatic heterocycles. The molecule has 0 aliphatic carbocycles. The molecule has 2 aromatic carbocycles. The predicted octanol–water partition coefficient (Wildman–Crippen LogP) is 2.51. The summed E-state index contributed by atoms with van der Waals surface area (Å²) in [5.41, 5.74) is 1.61. The standard InChI is InChI=1S/C22H31N3O5/c1-6-23-22(24-13-15-7-9-20(29-4)21(11-15)30-5)25-14-18(26)17-12-16(27-2)8-10-19(17)28-3/h7-12,18,26H,6,13-14H2,1-5H3,(H2,23,24,25). The molecule has 0 amide bonds. The summed E-state index contributed by atoms with van der Waals surface area (Å²) >= 11 is 0. The Morgan fingerprint density at radius 2 is 1.60 bits per heavy atom. The first-order valence-electron chi connectivity index (χ1n) is 9.69. The quantitative estimate of drug-likeness (QED) is 0.404. The van der Waals surface area contributed by atoms with Gasteiger partial charge in [0, 0.05) is 18.7 Å². The van der Waals surface area contributed by atoms with E-state index in [0.717, 1.165) is 5.56 Å². The minimum atomic E-state index is -0.806. The topological polar surface area (TPSA) is 93.6 Å². The van der Waals surface area contributed by atoms with Crippen LogP contribution < -0.4 is 29.6 Å². The molecule has 1 atom stereocenters. The summed E-state index contributed by atoms with van der Waals surface area (Å²) in [7, 11) is 6.36. The molecule has 0 saturated carbocycles. The molecule has 0 aromatic heterocycles. The van der Waals surface area contributed by atoms with E-state index in [9.17, 15) is 5.11 Å². The number of ether oxygens (including phenoxy) is 4. The third kappa shape index (κ3) is 6.18. The minimum absolute atomic E-state index is 0.251. The van der Waals surface area contributed by atoms with E-state index in [0.29, 0.717) is 47.6 Å². The maximum Gasteiger partial charge on any atom is 0.191 e. The lowest BCUT2D eigenvalue weighted by Crippen LogP contribution is -2.39. The molecule has 3 N–H and O–H groups in total. The van der Waals surface area contributed by atoms with Crippen LogP contribution in [0.5, 0.6) is 23.0 Å². The Balaban J connectivity index is 2.08. The van der Waals surface area contributed by atoms with Crippen molar-refractivity contribution in [3.63, 3.8) is 0 Å². The first kappa shape index (κ1) is 23.2. The van der Waals surface area contributed by atoms with Gasteiger partial charge in [-0.1, -0.05) is 6.07 Å². The number of methoxy groups -OCH3 is 4. The van der Waals surface area contributed by atoms with Gasteiger partial charge in [0.15, 0.2) is 17.5 Å². The Morgan fingerprint density at radius 1 is 0.900 bits per heavy atom. The van der Waals surface area contributed by atoms with Crippen LogP contribution in [0.25, 0.3) is 0 Å². The van der Waals surface area contributed by atoms with Crippen molar-refractivity contribution in [1.29, 1.82) is 0 Å². The summed E-state index contributed by atoms with van der Waals surface area (Å²) in [6.07, 6.45) is -0.806. The lowest BCUT2D eigenvalue weighted by Gasteiger charge is -2.18. The number of guanidine groups is 1. The van der Waals surface area contributed by atoms with Crippen molar-refractivity contribution in [2.45, 2.75) is 19.6 Å². The zero-order valence-corrected chi connectivity index (χ0v) is 18.2. The van der Waals surface area contributed by atoms with Gasteiger partial charge in [-0.25, -0.2) is 4.99 Å². The first-order chi connectivity index (χ1) is 14.6. The number of nitrogens with zero attached hydrogens (tertiary/aromatic N) is 1. The summed E-state index contributed by atoms with van der Waals surface area (Å²) < 4.78 is 21.2. The lowest BCUT2D eigenvalue weighted by molar-refractivity contribution is 0.176. The van der Waals surface area contributed by atoms with Gasteiger partial charge in [0.2, 0.25) is 0 Å². The number of nitrogens with one attached hydrogen (secondary N) is 2. The number of hydrogen-bond acceptors (Lipinski definition) is 6. The van der Waals surface area contributed by atoms with Gasteiger partial charge in [0.25, 0.3) is 0 Å². The van der Waals surface area contributed by atoms with Gasteiger partial charge in [0.05, 0.1) is 41.1 Å². The fourth-order valence-corrected chi connectivity index (χ4v) is 2.89. The van der Waals surface area contributed by atoms with Gasteiger partial charge >= 0.3 is 0 Å². The van der Waals surface area contributed by atoms with E-state index in [1.54, 1.807) is 46.6 Å². The van der Waals surface area contributed by atoms with Gasteiger partial charge in [0.1, 0.15) is 11.5 Å². The van der Waals surface area contributed by atoms with Crippen LogP contribution in [-0.2, 0) is 6.54 Å². The van der Waals surface area contributed by atoms with E-state index in [1.165, 1.54) is 0 Å². The number of aliphatic hydroxyl groups excluding tert-OH is 1. The molecular weight excluding hydrogens is 386 g/mol. The zero-order chi connectivity index (χ0) is 21.9. The molecule has 0 radical (unpaired) electrons. The Labute approximate surface area is 177 Å². The van der Waals surface area contributed by atoms with Crippen LogP contribution in [0.1, 0.15) is 24.2 Å². The van der Waals surface area contributed by atoms with Crippen LogP contribution in [0.15, 0.2) is 41.4 Å². The molecule has 0 heterocycles. The van der Waals surface area contributed by atoms with Crippen molar-refractivity contribution in [2.24, 2.45) is 4.99 Å². The number of aliphatic hydroxyl groups is 1. The lowest BCUT2D eigenvalue weighted by atomic mass is 10.1. The molecule has 0 saturated heterocycles. The highest BCUT2D eigenvalue weighted by molar-refractivity contribution is 5.79. The molecule has 2 rings (SSSR count). The molecule has 0 fully saturated rings. The number of hydrogen-bond donors (Lipinski definition) is 3. The summed E-state index contributed by atoms with van der Waals surface area (Å²) in [5.74, 6) is 3.17. The average molecular weight is 418 g/mol. The first-order valence-corrected chi connectivity index (χ1v) is 9.69. The van der Waals surface area contributed by atoms with Gasteiger partial charge in [-0.3, -0.25) is 0 Å².